The Morgan fingerprint density at radius 2 is 2.05 bits per heavy atom. The highest BCUT2D eigenvalue weighted by atomic mass is 16.6. The number of benzene rings is 1. The van der Waals surface area contributed by atoms with Crippen molar-refractivity contribution in [1.29, 1.82) is 0 Å². The second kappa shape index (κ2) is 6.46. The third kappa shape index (κ3) is 3.29. The summed E-state index contributed by atoms with van der Waals surface area (Å²) < 4.78 is 0. The standard InChI is InChI=1S/C17H24N2O3/c1-5-11(2)13(4)18(15-7-8-15)17(20)14-6-9-16(19(21)22)12(3)10-14/h6,9-11,13,15H,5,7-8H2,1-4H3. The fraction of sp³-hybridized carbons (Fsp3) is 0.588. The average Bonchev–Trinajstić information content (AvgIpc) is 3.30. The molecule has 1 fully saturated rings. The molecule has 1 aromatic rings. The van der Waals surface area contributed by atoms with E-state index in [4.69, 9.17) is 0 Å². The maximum absolute atomic E-state index is 12.9. The van der Waals surface area contributed by atoms with Gasteiger partial charge in [0.05, 0.1) is 4.92 Å². The third-order valence-corrected chi connectivity index (χ3v) is 4.72. The van der Waals surface area contributed by atoms with Crippen LogP contribution in [0.3, 0.4) is 0 Å². The Morgan fingerprint density at radius 1 is 1.41 bits per heavy atom. The van der Waals surface area contributed by atoms with Gasteiger partial charge in [0.25, 0.3) is 11.6 Å². The minimum Gasteiger partial charge on any atom is -0.333 e. The smallest absolute Gasteiger partial charge is 0.272 e. The molecule has 0 saturated heterocycles. The van der Waals surface area contributed by atoms with E-state index in [2.05, 4.69) is 20.8 Å². The van der Waals surface area contributed by atoms with Crippen molar-refractivity contribution >= 4 is 11.6 Å². The van der Waals surface area contributed by atoms with E-state index in [1.807, 2.05) is 4.90 Å². The Labute approximate surface area is 131 Å². The molecule has 1 saturated carbocycles. The number of nitrogens with zero attached hydrogens (tertiary/aromatic N) is 2. The Kier molecular flexibility index (Phi) is 4.84. The first-order valence-corrected chi connectivity index (χ1v) is 7.94. The highest BCUT2D eigenvalue weighted by molar-refractivity contribution is 5.95. The SMILES string of the molecule is CCC(C)C(C)N(C(=O)c1ccc([N+](=O)[O-])c(C)c1)C1CC1. The highest BCUT2D eigenvalue weighted by Gasteiger charge is 2.37. The molecule has 120 valence electrons. The first kappa shape index (κ1) is 16.5. The Balaban J connectivity index is 2.28. The molecule has 1 aliphatic carbocycles. The fourth-order valence-electron chi connectivity index (χ4n) is 2.79. The van der Waals surface area contributed by atoms with Crippen LogP contribution in [0.15, 0.2) is 18.2 Å². The molecule has 0 radical (unpaired) electrons. The number of hydrogen-bond acceptors (Lipinski definition) is 3. The molecular formula is C17H24N2O3. The Hall–Kier alpha value is -1.91. The zero-order chi connectivity index (χ0) is 16.4. The summed E-state index contributed by atoms with van der Waals surface area (Å²) in [6, 6.07) is 5.15. The number of amides is 1. The van der Waals surface area contributed by atoms with Crippen LogP contribution in [0.5, 0.6) is 0 Å². The Bertz CT molecular complexity index is 581. The van der Waals surface area contributed by atoms with Gasteiger partial charge in [-0.1, -0.05) is 20.3 Å². The summed E-state index contributed by atoms with van der Waals surface area (Å²) in [5.41, 5.74) is 1.14. The van der Waals surface area contributed by atoms with Gasteiger partial charge in [0, 0.05) is 29.3 Å². The first-order valence-electron chi connectivity index (χ1n) is 7.94. The summed E-state index contributed by atoms with van der Waals surface area (Å²) in [5.74, 6) is 0.428. The van der Waals surface area contributed by atoms with Crippen molar-refractivity contribution in [2.45, 2.75) is 59.0 Å². The predicted octanol–water partition coefficient (Wildman–Crippen LogP) is 3.94. The molecule has 0 spiro atoms. The summed E-state index contributed by atoms with van der Waals surface area (Å²) in [4.78, 5) is 25.3. The number of nitro benzene ring substituents is 1. The zero-order valence-corrected chi connectivity index (χ0v) is 13.7. The van der Waals surface area contributed by atoms with Crippen LogP contribution in [0.25, 0.3) is 0 Å². The minimum absolute atomic E-state index is 0.00621. The molecule has 1 amide bonds. The van der Waals surface area contributed by atoms with Crippen LogP contribution in [0.4, 0.5) is 5.69 Å². The lowest BCUT2D eigenvalue weighted by Gasteiger charge is -2.33. The van der Waals surface area contributed by atoms with Crippen molar-refractivity contribution in [3.8, 4) is 0 Å². The van der Waals surface area contributed by atoms with E-state index < -0.39 is 4.92 Å². The van der Waals surface area contributed by atoms with Crippen LogP contribution in [-0.2, 0) is 0 Å². The molecule has 0 aromatic heterocycles. The van der Waals surface area contributed by atoms with Crippen LogP contribution < -0.4 is 0 Å². The van der Waals surface area contributed by atoms with Gasteiger partial charge < -0.3 is 4.90 Å². The lowest BCUT2D eigenvalue weighted by molar-refractivity contribution is -0.385. The lowest BCUT2D eigenvalue weighted by Crippen LogP contribution is -2.43. The van der Waals surface area contributed by atoms with Crippen molar-refractivity contribution in [1.82, 2.24) is 4.90 Å². The van der Waals surface area contributed by atoms with Crippen molar-refractivity contribution in [3.05, 3.63) is 39.4 Å². The average molecular weight is 304 g/mol. The molecule has 2 atom stereocenters. The van der Waals surface area contributed by atoms with Crippen molar-refractivity contribution in [2.75, 3.05) is 0 Å². The summed E-state index contributed by atoms with van der Waals surface area (Å²) >= 11 is 0. The number of nitro groups is 1. The second-order valence-electron chi connectivity index (χ2n) is 6.33. The van der Waals surface area contributed by atoms with Gasteiger partial charge in [-0.15, -0.1) is 0 Å². The predicted molar refractivity (Wildman–Crippen MR) is 85.9 cm³/mol. The van der Waals surface area contributed by atoms with E-state index in [9.17, 15) is 14.9 Å². The van der Waals surface area contributed by atoms with Gasteiger partial charge in [-0.2, -0.15) is 0 Å². The molecule has 5 nitrogen and oxygen atoms in total. The van der Waals surface area contributed by atoms with E-state index in [1.54, 1.807) is 19.1 Å². The normalized spacial score (nSPS) is 16.9. The lowest BCUT2D eigenvalue weighted by atomic mass is 9.98. The molecule has 0 N–H and O–H groups in total. The van der Waals surface area contributed by atoms with Crippen molar-refractivity contribution in [2.24, 2.45) is 5.92 Å². The number of carbonyl (C=O) groups excluding carboxylic acids is 1. The highest BCUT2D eigenvalue weighted by Crippen LogP contribution is 2.33. The topological polar surface area (TPSA) is 63.5 Å². The summed E-state index contributed by atoms with van der Waals surface area (Å²) in [7, 11) is 0. The molecular weight excluding hydrogens is 280 g/mol. The molecule has 0 aliphatic heterocycles. The monoisotopic (exact) mass is 304 g/mol. The van der Waals surface area contributed by atoms with Gasteiger partial charge >= 0.3 is 0 Å². The van der Waals surface area contributed by atoms with E-state index in [1.165, 1.54) is 6.07 Å². The Morgan fingerprint density at radius 3 is 2.50 bits per heavy atom. The van der Waals surface area contributed by atoms with Crippen LogP contribution in [-0.4, -0.2) is 27.8 Å². The fourth-order valence-corrected chi connectivity index (χ4v) is 2.79. The molecule has 1 aliphatic rings. The summed E-state index contributed by atoms with van der Waals surface area (Å²) in [5, 5.41) is 10.9. The van der Waals surface area contributed by atoms with Gasteiger partial charge in [0.2, 0.25) is 0 Å². The van der Waals surface area contributed by atoms with Crippen molar-refractivity contribution in [3.63, 3.8) is 0 Å². The van der Waals surface area contributed by atoms with Gasteiger partial charge in [0.1, 0.15) is 0 Å². The largest absolute Gasteiger partial charge is 0.333 e. The zero-order valence-electron chi connectivity index (χ0n) is 13.7. The van der Waals surface area contributed by atoms with Crippen LogP contribution in [0.1, 0.15) is 56.0 Å². The number of aryl methyl sites for hydroxylation is 1. The maximum atomic E-state index is 12.9. The van der Waals surface area contributed by atoms with E-state index in [0.717, 1.165) is 19.3 Å². The molecule has 1 aromatic carbocycles. The minimum atomic E-state index is -0.413. The van der Waals surface area contributed by atoms with Gasteiger partial charge in [0.15, 0.2) is 0 Å². The van der Waals surface area contributed by atoms with E-state index in [-0.39, 0.29) is 17.6 Å². The molecule has 0 bridgehead atoms. The third-order valence-electron chi connectivity index (χ3n) is 4.72. The van der Waals surface area contributed by atoms with Gasteiger partial charge in [-0.25, -0.2) is 0 Å². The van der Waals surface area contributed by atoms with Crippen LogP contribution >= 0.6 is 0 Å². The van der Waals surface area contributed by atoms with E-state index >= 15 is 0 Å². The number of rotatable bonds is 6. The maximum Gasteiger partial charge on any atom is 0.272 e. The molecule has 0 heterocycles. The molecule has 2 rings (SSSR count). The van der Waals surface area contributed by atoms with Gasteiger partial charge in [-0.3, -0.25) is 14.9 Å². The summed E-state index contributed by atoms with van der Waals surface area (Å²) in [6.07, 6.45) is 3.13. The van der Waals surface area contributed by atoms with E-state index in [0.29, 0.717) is 23.1 Å². The van der Waals surface area contributed by atoms with Crippen LogP contribution in [0, 0.1) is 23.0 Å². The molecule has 2 unspecified atom stereocenters. The molecule has 5 heteroatoms. The number of hydrogen-bond donors (Lipinski definition) is 0. The van der Waals surface area contributed by atoms with Crippen molar-refractivity contribution < 1.29 is 9.72 Å². The summed E-state index contributed by atoms with van der Waals surface area (Å²) in [6.45, 7) is 8.07. The number of carbonyl (C=O) groups is 1. The first-order chi connectivity index (χ1) is 10.4. The van der Waals surface area contributed by atoms with Crippen LogP contribution in [0.2, 0.25) is 0 Å². The molecule has 22 heavy (non-hydrogen) atoms. The van der Waals surface area contributed by atoms with Gasteiger partial charge in [-0.05, 0) is 44.7 Å². The quantitative estimate of drug-likeness (QED) is 0.590. The second-order valence-corrected chi connectivity index (χ2v) is 6.33.